The van der Waals surface area contributed by atoms with Crippen LogP contribution in [0.25, 0.3) is 10.9 Å². The highest BCUT2D eigenvalue weighted by atomic mass is 19.3. The number of aryl methyl sites for hydroxylation is 1. The Balaban J connectivity index is 1.60. The van der Waals surface area contributed by atoms with Crippen molar-refractivity contribution in [2.75, 3.05) is 25.6 Å². The summed E-state index contributed by atoms with van der Waals surface area (Å²) >= 11 is 0. The quantitative estimate of drug-likeness (QED) is 0.259. The molecular formula is C25H26F5N3O3. The first-order valence-corrected chi connectivity index (χ1v) is 11.3. The van der Waals surface area contributed by atoms with E-state index in [1.807, 2.05) is 0 Å². The van der Waals surface area contributed by atoms with E-state index in [4.69, 9.17) is 14.2 Å². The summed E-state index contributed by atoms with van der Waals surface area (Å²) in [6, 6.07) is 6.39. The molecule has 0 amide bonds. The van der Waals surface area contributed by atoms with Gasteiger partial charge in [0.25, 0.3) is 11.8 Å². The summed E-state index contributed by atoms with van der Waals surface area (Å²) in [6.45, 7) is 3.92. The first kappa shape index (κ1) is 25.9. The summed E-state index contributed by atoms with van der Waals surface area (Å²) in [5, 5.41) is 3.59. The zero-order chi connectivity index (χ0) is 26.3. The molecule has 1 aromatic heterocycles. The minimum absolute atomic E-state index is 0.00353. The molecule has 0 radical (unpaired) electrons. The Morgan fingerprint density at radius 3 is 2.53 bits per heavy atom. The number of hydrogen-bond acceptors (Lipinski definition) is 6. The first-order valence-electron chi connectivity index (χ1n) is 11.3. The molecule has 1 unspecified atom stereocenters. The number of rotatable bonds is 10. The molecule has 1 N–H and O–H groups in total. The second-order valence-corrected chi connectivity index (χ2v) is 8.78. The zero-order valence-corrected chi connectivity index (χ0v) is 20.2. The SMILES string of the molecule is COc1cc2nc(C)nc(N[C@H](C)c3cccc(C(C)(F)F)c3F)c2cc1OCCOC1CC1(F)F. The number of nitrogens with one attached hydrogen (secondary N) is 1. The fourth-order valence-electron chi connectivity index (χ4n) is 3.85. The largest absolute Gasteiger partial charge is 0.493 e. The van der Waals surface area contributed by atoms with Gasteiger partial charge in [0, 0.05) is 30.4 Å². The molecule has 6 nitrogen and oxygen atoms in total. The second kappa shape index (κ2) is 9.68. The summed E-state index contributed by atoms with van der Waals surface area (Å²) in [6.07, 6.45) is -1.38. The number of hydrogen-bond donors (Lipinski definition) is 1. The molecule has 0 bridgehead atoms. The normalized spacial score (nSPS) is 17.6. The van der Waals surface area contributed by atoms with E-state index in [0.717, 1.165) is 6.07 Å². The highest BCUT2D eigenvalue weighted by molar-refractivity contribution is 5.92. The molecule has 3 aromatic rings. The van der Waals surface area contributed by atoms with Crippen molar-refractivity contribution in [1.29, 1.82) is 0 Å². The van der Waals surface area contributed by atoms with Crippen LogP contribution in [0.5, 0.6) is 11.5 Å². The van der Waals surface area contributed by atoms with Crippen molar-refractivity contribution in [2.24, 2.45) is 0 Å². The predicted octanol–water partition coefficient (Wildman–Crippen LogP) is 6.17. The molecule has 11 heteroatoms. The Labute approximate surface area is 204 Å². The molecule has 1 fully saturated rings. The highest BCUT2D eigenvalue weighted by Crippen LogP contribution is 2.44. The van der Waals surface area contributed by atoms with E-state index in [0.29, 0.717) is 41.0 Å². The van der Waals surface area contributed by atoms with Crippen molar-refractivity contribution >= 4 is 16.7 Å². The summed E-state index contributed by atoms with van der Waals surface area (Å²) in [7, 11) is 1.45. The smallest absolute Gasteiger partial charge is 0.276 e. The summed E-state index contributed by atoms with van der Waals surface area (Å²) < 4.78 is 84.7. The van der Waals surface area contributed by atoms with E-state index in [9.17, 15) is 22.0 Å². The van der Waals surface area contributed by atoms with Gasteiger partial charge in [0.15, 0.2) is 11.5 Å². The van der Waals surface area contributed by atoms with Crippen LogP contribution in [0.3, 0.4) is 0 Å². The molecular weight excluding hydrogens is 485 g/mol. The van der Waals surface area contributed by atoms with Gasteiger partial charge in [-0.05, 0) is 19.9 Å². The van der Waals surface area contributed by atoms with Crippen molar-refractivity contribution in [3.05, 3.63) is 53.1 Å². The molecule has 1 aliphatic carbocycles. The van der Waals surface area contributed by atoms with Crippen LogP contribution in [0.2, 0.25) is 0 Å². The summed E-state index contributed by atoms with van der Waals surface area (Å²) in [4.78, 5) is 8.82. The van der Waals surface area contributed by atoms with E-state index < -0.39 is 35.4 Å². The Hall–Kier alpha value is -3.21. The van der Waals surface area contributed by atoms with Crippen LogP contribution in [-0.2, 0) is 10.7 Å². The van der Waals surface area contributed by atoms with Crippen LogP contribution in [0.1, 0.15) is 43.3 Å². The Bertz CT molecular complexity index is 1270. The second-order valence-electron chi connectivity index (χ2n) is 8.78. The first-order chi connectivity index (χ1) is 16.9. The maximum Gasteiger partial charge on any atom is 0.276 e. The third-order valence-corrected chi connectivity index (χ3v) is 5.84. The molecule has 0 saturated heterocycles. The monoisotopic (exact) mass is 511 g/mol. The van der Waals surface area contributed by atoms with Gasteiger partial charge in [-0.1, -0.05) is 18.2 Å². The number of benzene rings is 2. The van der Waals surface area contributed by atoms with Crippen molar-refractivity contribution in [2.45, 2.75) is 51.2 Å². The fraction of sp³-hybridized carbons (Fsp3) is 0.440. The number of alkyl halides is 4. The van der Waals surface area contributed by atoms with Crippen LogP contribution in [0, 0.1) is 12.7 Å². The predicted molar refractivity (Wildman–Crippen MR) is 124 cm³/mol. The van der Waals surface area contributed by atoms with Crippen LogP contribution >= 0.6 is 0 Å². The van der Waals surface area contributed by atoms with Gasteiger partial charge < -0.3 is 19.5 Å². The zero-order valence-electron chi connectivity index (χ0n) is 20.2. The molecule has 1 saturated carbocycles. The molecule has 0 aliphatic heterocycles. The molecule has 194 valence electrons. The van der Waals surface area contributed by atoms with Crippen molar-refractivity contribution in [3.63, 3.8) is 0 Å². The highest BCUT2D eigenvalue weighted by Gasteiger charge is 2.58. The minimum Gasteiger partial charge on any atom is -0.493 e. The van der Waals surface area contributed by atoms with E-state index in [1.165, 1.54) is 19.2 Å². The minimum atomic E-state index is -3.33. The van der Waals surface area contributed by atoms with Gasteiger partial charge in [0.1, 0.15) is 30.2 Å². The number of anilines is 1. The van der Waals surface area contributed by atoms with Crippen molar-refractivity contribution < 1.29 is 36.2 Å². The molecule has 2 atom stereocenters. The molecule has 1 heterocycles. The van der Waals surface area contributed by atoms with Crippen molar-refractivity contribution in [3.8, 4) is 11.5 Å². The Kier molecular flexibility index (Phi) is 6.96. The number of nitrogens with zero attached hydrogens (tertiary/aromatic N) is 2. The number of fused-ring (bicyclic) bond motifs is 1. The lowest BCUT2D eigenvalue weighted by Crippen LogP contribution is -2.16. The van der Waals surface area contributed by atoms with Gasteiger partial charge >= 0.3 is 0 Å². The summed E-state index contributed by atoms with van der Waals surface area (Å²) in [5.74, 6) is -5.69. The van der Waals surface area contributed by atoms with Crippen LogP contribution < -0.4 is 14.8 Å². The Morgan fingerprint density at radius 1 is 1.17 bits per heavy atom. The Morgan fingerprint density at radius 2 is 1.89 bits per heavy atom. The maximum absolute atomic E-state index is 14.9. The van der Waals surface area contributed by atoms with Crippen LogP contribution in [0.4, 0.5) is 27.8 Å². The lowest BCUT2D eigenvalue weighted by molar-refractivity contribution is 0.00398. The molecule has 4 rings (SSSR count). The van der Waals surface area contributed by atoms with E-state index in [1.54, 1.807) is 26.0 Å². The van der Waals surface area contributed by atoms with Gasteiger partial charge in [-0.2, -0.15) is 0 Å². The van der Waals surface area contributed by atoms with Gasteiger partial charge in [0.05, 0.1) is 30.8 Å². The van der Waals surface area contributed by atoms with Crippen LogP contribution in [-0.4, -0.2) is 42.3 Å². The third kappa shape index (κ3) is 5.45. The number of halogens is 5. The van der Waals surface area contributed by atoms with E-state index in [-0.39, 0.29) is 25.2 Å². The summed E-state index contributed by atoms with van der Waals surface area (Å²) in [5.41, 5.74) is -0.133. The van der Waals surface area contributed by atoms with Gasteiger partial charge in [-0.15, -0.1) is 0 Å². The van der Waals surface area contributed by atoms with E-state index >= 15 is 0 Å². The third-order valence-electron chi connectivity index (χ3n) is 5.84. The average molecular weight is 511 g/mol. The average Bonchev–Trinajstić information content (AvgIpc) is 3.41. The fourth-order valence-corrected chi connectivity index (χ4v) is 3.85. The lowest BCUT2D eigenvalue weighted by atomic mass is 10.0. The van der Waals surface area contributed by atoms with Gasteiger partial charge in [-0.3, -0.25) is 0 Å². The molecule has 2 aromatic carbocycles. The molecule has 1 aliphatic rings. The number of ether oxygens (including phenoxy) is 3. The molecule has 0 spiro atoms. The lowest BCUT2D eigenvalue weighted by Gasteiger charge is -2.21. The van der Waals surface area contributed by atoms with Crippen molar-refractivity contribution in [1.82, 2.24) is 9.97 Å². The topological polar surface area (TPSA) is 65.5 Å². The molecule has 36 heavy (non-hydrogen) atoms. The number of methoxy groups -OCH3 is 1. The van der Waals surface area contributed by atoms with Gasteiger partial charge in [-0.25, -0.2) is 31.9 Å². The maximum atomic E-state index is 14.9. The number of aromatic nitrogens is 2. The van der Waals surface area contributed by atoms with Crippen LogP contribution in [0.15, 0.2) is 30.3 Å². The van der Waals surface area contributed by atoms with E-state index in [2.05, 4.69) is 15.3 Å². The van der Waals surface area contributed by atoms with Gasteiger partial charge in [0.2, 0.25) is 0 Å². The standard InChI is InChI=1S/C25H26F5N3O3/c1-13(15-6-5-7-17(22(15)26)24(3,27)28)31-23-16-10-20(35-8-9-36-21-12-25(21,29)30)19(34-4)11-18(16)32-14(2)33-23/h5-7,10-11,13,21H,8-9,12H2,1-4H3,(H,31,32,33)/t13-,21?/m1/s1.